The Morgan fingerprint density at radius 2 is 1.71 bits per heavy atom. The third kappa shape index (κ3) is 5.60. The molecule has 0 spiro atoms. The van der Waals surface area contributed by atoms with Gasteiger partial charge in [0.15, 0.2) is 0 Å². The topological polar surface area (TPSA) is 40.9 Å². The third-order valence-electron chi connectivity index (χ3n) is 3.70. The van der Waals surface area contributed by atoms with Gasteiger partial charge in [-0.1, -0.05) is 0 Å². The summed E-state index contributed by atoms with van der Waals surface area (Å²) in [7, 11) is 0. The van der Waals surface area contributed by atoms with Crippen molar-refractivity contribution in [1.82, 2.24) is 9.88 Å². The summed E-state index contributed by atoms with van der Waals surface area (Å²) >= 11 is 3.07. The molecule has 0 aliphatic carbocycles. The van der Waals surface area contributed by atoms with Gasteiger partial charge < -0.3 is 0 Å². The summed E-state index contributed by atoms with van der Waals surface area (Å²) in [5, 5.41) is 8.68. The van der Waals surface area contributed by atoms with Crippen molar-refractivity contribution in [2.75, 3.05) is 13.1 Å². The van der Waals surface area contributed by atoms with Crippen molar-refractivity contribution in [3.05, 3.63) is 30.1 Å². The van der Waals surface area contributed by atoms with Crippen LogP contribution in [0.15, 0.2) is 34.6 Å². The molecule has 4 nitrogen and oxygen atoms in total. The van der Waals surface area contributed by atoms with Gasteiger partial charge >= 0.3 is 135 Å². The van der Waals surface area contributed by atoms with Gasteiger partial charge in [0, 0.05) is 0 Å². The van der Waals surface area contributed by atoms with Crippen LogP contribution >= 0.6 is 0 Å². The van der Waals surface area contributed by atoms with Crippen molar-refractivity contribution in [1.29, 1.82) is 0 Å². The van der Waals surface area contributed by atoms with E-state index in [1.54, 1.807) is 6.20 Å². The van der Waals surface area contributed by atoms with E-state index in [-0.39, 0.29) is 0 Å². The first kappa shape index (κ1) is 16.2. The molecule has 1 radical (unpaired) electrons. The van der Waals surface area contributed by atoms with Crippen LogP contribution in [0.4, 0.5) is 0 Å². The van der Waals surface area contributed by atoms with E-state index in [1.165, 1.54) is 38.5 Å². The molecular weight excluding hydrogens is 327 g/mol. The van der Waals surface area contributed by atoms with Gasteiger partial charge in [0.1, 0.15) is 0 Å². The van der Waals surface area contributed by atoms with E-state index >= 15 is 0 Å². The molecular formula is C16H23N4Se. The Balaban J connectivity index is 2.01. The molecule has 0 aromatic carbocycles. The van der Waals surface area contributed by atoms with Crippen molar-refractivity contribution in [3.63, 3.8) is 0 Å². The summed E-state index contributed by atoms with van der Waals surface area (Å²) < 4.78 is 0.896. The molecule has 1 fully saturated rings. The van der Waals surface area contributed by atoms with Gasteiger partial charge in [0.05, 0.1) is 0 Å². The van der Waals surface area contributed by atoms with Gasteiger partial charge in [-0.15, -0.1) is 0 Å². The van der Waals surface area contributed by atoms with Gasteiger partial charge in [-0.2, -0.15) is 0 Å². The zero-order valence-electron chi connectivity index (χ0n) is 12.7. The first-order valence-electron chi connectivity index (χ1n) is 7.73. The SMILES string of the molecule is CC(=NN=C([Se])N1CCCCCCCC1)c1ccccn1. The van der Waals surface area contributed by atoms with Crippen LogP contribution in [-0.2, 0) is 0 Å². The van der Waals surface area contributed by atoms with E-state index in [9.17, 15) is 0 Å². The molecule has 2 heterocycles. The fourth-order valence-corrected chi connectivity index (χ4v) is 2.89. The normalized spacial score (nSPS) is 18.8. The average Bonchev–Trinajstić information content (AvgIpc) is 2.67. The molecule has 0 atom stereocenters. The molecule has 1 aliphatic heterocycles. The van der Waals surface area contributed by atoms with Crippen LogP contribution < -0.4 is 0 Å². The predicted molar refractivity (Wildman–Crippen MR) is 88.9 cm³/mol. The number of hydrogen-bond donors (Lipinski definition) is 0. The summed E-state index contributed by atoms with van der Waals surface area (Å²) in [5.74, 6) is 0. The first-order chi connectivity index (χ1) is 10.3. The monoisotopic (exact) mass is 351 g/mol. The molecule has 5 heteroatoms. The fraction of sp³-hybridized carbons (Fsp3) is 0.562. The molecule has 1 aromatic heterocycles. The van der Waals surface area contributed by atoms with Crippen molar-refractivity contribution in [2.24, 2.45) is 10.2 Å². The summed E-state index contributed by atoms with van der Waals surface area (Å²) in [4.78, 5) is 6.61. The minimum atomic E-state index is 0.840. The van der Waals surface area contributed by atoms with E-state index in [2.05, 4.69) is 36.1 Å². The molecule has 1 aliphatic rings. The quantitative estimate of drug-likeness (QED) is 0.356. The van der Waals surface area contributed by atoms with E-state index in [1.807, 2.05) is 25.1 Å². The second-order valence-electron chi connectivity index (χ2n) is 5.39. The Kier molecular flexibility index (Phi) is 6.90. The Morgan fingerprint density at radius 3 is 2.33 bits per heavy atom. The van der Waals surface area contributed by atoms with Crippen LogP contribution in [0.2, 0.25) is 0 Å². The number of nitrogens with zero attached hydrogens (tertiary/aromatic N) is 4. The number of aromatic nitrogens is 1. The van der Waals surface area contributed by atoms with E-state index in [0.29, 0.717) is 0 Å². The second kappa shape index (κ2) is 8.96. The standard InChI is InChI=1S/C16H23N4Se/c1-14(15-10-6-7-11-17-15)18-19-16(21)20-12-8-4-2-3-5-9-13-20/h6-7,10-11H,2-5,8-9,12-13H2,1H3. The zero-order chi connectivity index (χ0) is 14.9. The number of pyridine rings is 1. The van der Waals surface area contributed by atoms with E-state index < -0.39 is 0 Å². The number of amidine groups is 1. The number of hydrogen-bond acceptors (Lipinski definition) is 3. The minimum absolute atomic E-state index is 0.840. The summed E-state index contributed by atoms with van der Waals surface area (Å²) in [6, 6.07) is 5.82. The van der Waals surface area contributed by atoms with Crippen molar-refractivity contribution < 1.29 is 0 Å². The Bertz CT molecular complexity index is 474. The zero-order valence-corrected chi connectivity index (χ0v) is 14.4. The van der Waals surface area contributed by atoms with E-state index in [0.717, 1.165) is 29.2 Å². The van der Waals surface area contributed by atoms with Gasteiger partial charge in [0.25, 0.3) is 0 Å². The van der Waals surface area contributed by atoms with Gasteiger partial charge in [-0.3, -0.25) is 0 Å². The summed E-state index contributed by atoms with van der Waals surface area (Å²) in [6.45, 7) is 4.09. The predicted octanol–water partition coefficient (Wildman–Crippen LogP) is 2.99. The summed E-state index contributed by atoms with van der Waals surface area (Å²) in [6.07, 6.45) is 9.63. The summed E-state index contributed by atoms with van der Waals surface area (Å²) in [5.41, 5.74) is 1.71. The van der Waals surface area contributed by atoms with Crippen molar-refractivity contribution in [2.45, 2.75) is 45.4 Å². The fourth-order valence-electron chi connectivity index (χ4n) is 2.42. The maximum atomic E-state index is 4.36. The second-order valence-corrected chi connectivity index (χ2v) is 6.16. The molecule has 113 valence electrons. The number of rotatable bonds is 2. The van der Waals surface area contributed by atoms with Gasteiger partial charge in [0.2, 0.25) is 0 Å². The van der Waals surface area contributed by atoms with Gasteiger partial charge in [-0.05, 0) is 0 Å². The molecule has 0 amide bonds. The molecule has 1 aromatic rings. The van der Waals surface area contributed by atoms with Crippen LogP contribution in [0, 0.1) is 0 Å². The Hall–Kier alpha value is -1.19. The Labute approximate surface area is 135 Å². The van der Waals surface area contributed by atoms with Crippen LogP contribution in [-0.4, -0.2) is 49.4 Å². The van der Waals surface area contributed by atoms with Gasteiger partial charge in [-0.25, -0.2) is 0 Å². The van der Waals surface area contributed by atoms with Crippen molar-refractivity contribution >= 4 is 26.5 Å². The maximum absolute atomic E-state index is 4.36. The first-order valence-corrected chi connectivity index (χ1v) is 8.58. The molecule has 0 unspecified atom stereocenters. The Morgan fingerprint density at radius 1 is 1.05 bits per heavy atom. The van der Waals surface area contributed by atoms with Crippen molar-refractivity contribution in [3.8, 4) is 0 Å². The van der Waals surface area contributed by atoms with Crippen LogP contribution in [0.3, 0.4) is 0 Å². The third-order valence-corrected chi connectivity index (χ3v) is 4.41. The molecule has 21 heavy (non-hydrogen) atoms. The van der Waals surface area contributed by atoms with Crippen LogP contribution in [0.1, 0.15) is 51.1 Å². The molecule has 2 rings (SSSR count). The molecule has 0 bridgehead atoms. The van der Waals surface area contributed by atoms with E-state index in [4.69, 9.17) is 0 Å². The molecule has 0 saturated carbocycles. The van der Waals surface area contributed by atoms with Crippen LogP contribution in [0.25, 0.3) is 0 Å². The molecule has 1 saturated heterocycles. The average molecular weight is 350 g/mol. The van der Waals surface area contributed by atoms with Crippen LogP contribution in [0.5, 0.6) is 0 Å². The molecule has 0 N–H and O–H groups in total.